The van der Waals surface area contributed by atoms with Gasteiger partial charge in [0.05, 0.1) is 17.3 Å². The Balaban J connectivity index is 1.69. The number of nitrogens with one attached hydrogen (secondary N) is 1. The van der Waals surface area contributed by atoms with E-state index in [0.29, 0.717) is 29.4 Å². The van der Waals surface area contributed by atoms with Gasteiger partial charge in [0.1, 0.15) is 12.2 Å². The first-order valence-corrected chi connectivity index (χ1v) is 12.7. The quantitative estimate of drug-likeness (QED) is 0.258. The van der Waals surface area contributed by atoms with Crippen LogP contribution in [0.25, 0.3) is 6.08 Å². The van der Waals surface area contributed by atoms with E-state index in [4.69, 9.17) is 21.1 Å². The molecule has 1 fully saturated rings. The number of barbiturate groups is 1. The van der Waals surface area contributed by atoms with Gasteiger partial charge in [-0.3, -0.25) is 14.9 Å². The second kappa shape index (κ2) is 11.2. The van der Waals surface area contributed by atoms with Crippen molar-refractivity contribution in [2.45, 2.75) is 27.4 Å². The number of anilines is 1. The summed E-state index contributed by atoms with van der Waals surface area (Å²) in [5.74, 6) is -0.821. The number of carbonyl (C=O) groups excluding carboxylic acids is 3. The van der Waals surface area contributed by atoms with Crippen LogP contribution >= 0.6 is 27.5 Å². The molecule has 1 N–H and O–H groups in total. The van der Waals surface area contributed by atoms with Gasteiger partial charge in [-0.05, 0) is 67.8 Å². The summed E-state index contributed by atoms with van der Waals surface area (Å²) in [5, 5.41) is 2.50. The fraction of sp³-hybridized carbons (Fsp3) is 0.179. The second-order valence-corrected chi connectivity index (χ2v) is 9.58. The fourth-order valence-electron chi connectivity index (χ4n) is 3.86. The predicted molar refractivity (Wildman–Crippen MR) is 146 cm³/mol. The number of urea groups is 1. The van der Waals surface area contributed by atoms with Gasteiger partial charge >= 0.3 is 6.03 Å². The molecule has 1 aliphatic heterocycles. The number of hydrogen-bond acceptors (Lipinski definition) is 5. The number of halogens is 2. The number of hydrogen-bond donors (Lipinski definition) is 1. The maximum absolute atomic E-state index is 13.4. The van der Waals surface area contributed by atoms with Gasteiger partial charge < -0.3 is 9.47 Å². The largest absolute Gasteiger partial charge is 0.490 e. The topological polar surface area (TPSA) is 84.9 Å². The van der Waals surface area contributed by atoms with Gasteiger partial charge in [-0.2, -0.15) is 0 Å². The zero-order chi connectivity index (χ0) is 26.7. The Kier molecular flexibility index (Phi) is 8.00. The zero-order valence-corrected chi connectivity index (χ0v) is 22.8. The van der Waals surface area contributed by atoms with Gasteiger partial charge in [0.25, 0.3) is 11.8 Å². The van der Waals surface area contributed by atoms with Gasteiger partial charge in [0.15, 0.2) is 11.5 Å². The first-order chi connectivity index (χ1) is 17.7. The van der Waals surface area contributed by atoms with Crippen LogP contribution in [0.1, 0.15) is 29.2 Å². The number of aryl methyl sites for hydroxylation is 1. The first-order valence-electron chi connectivity index (χ1n) is 11.5. The molecule has 0 saturated carbocycles. The van der Waals surface area contributed by atoms with Crippen molar-refractivity contribution in [2.75, 3.05) is 11.5 Å². The highest BCUT2D eigenvalue weighted by Gasteiger charge is 2.37. The van der Waals surface area contributed by atoms with Gasteiger partial charge in [-0.15, -0.1) is 0 Å². The van der Waals surface area contributed by atoms with E-state index in [2.05, 4.69) is 21.2 Å². The summed E-state index contributed by atoms with van der Waals surface area (Å²) >= 11 is 10.1. The van der Waals surface area contributed by atoms with Crippen LogP contribution < -0.4 is 19.7 Å². The Morgan fingerprint density at radius 2 is 1.78 bits per heavy atom. The molecule has 37 heavy (non-hydrogen) atoms. The number of rotatable bonds is 7. The van der Waals surface area contributed by atoms with Gasteiger partial charge in [-0.1, -0.05) is 57.9 Å². The summed E-state index contributed by atoms with van der Waals surface area (Å²) in [5.41, 5.74) is 3.23. The van der Waals surface area contributed by atoms with Crippen molar-refractivity contribution in [1.82, 2.24) is 5.32 Å². The van der Waals surface area contributed by atoms with Crippen molar-refractivity contribution < 1.29 is 23.9 Å². The Bertz CT molecular complexity index is 1440. The predicted octanol–water partition coefficient (Wildman–Crippen LogP) is 6.36. The summed E-state index contributed by atoms with van der Waals surface area (Å²) in [6, 6.07) is 15.4. The molecule has 7 nitrogen and oxygen atoms in total. The smallest absolute Gasteiger partial charge is 0.335 e. The van der Waals surface area contributed by atoms with E-state index in [1.807, 2.05) is 51.1 Å². The van der Waals surface area contributed by atoms with Crippen molar-refractivity contribution in [2.24, 2.45) is 0 Å². The monoisotopic (exact) mass is 582 g/mol. The van der Waals surface area contributed by atoms with Crippen LogP contribution in [0, 0.1) is 13.8 Å². The van der Waals surface area contributed by atoms with Crippen molar-refractivity contribution in [3.63, 3.8) is 0 Å². The average Bonchev–Trinajstić information content (AvgIpc) is 2.85. The van der Waals surface area contributed by atoms with Crippen molar-refractivity contribution in [3.8, 4) is 11.5 Å². The van der Waals surface area contributed by atoms with E-state index in [0.717, 1.165) is 26.1 Å². The molecule has 0 aromatic heterocycles. The SMILES string of the molecule is CCOc1cc(/C=C2\C(=O)NC(=O)N(c3cccc(C)c3C)C2=O)cc(Cl)c1OCc1ccccc1Br. The van der Waals surface area contributed by atoms with Crippen LogP contribution in [0.3, 0.4) is 0 Å². The average molecular weight is 584 g/mol. The van der Waals surface area contributed by atoms with Crippen LogP contribution in [-0.4, -0.2) is 24.5 Å². The van der Waals surface area contributed by atoms with Gasteiger partial charge in [0.2, 0.25) is 0 Å². The Morgan fingerprint density at radius 1 is 1.03 bits per heavy atom. The highest BCUT2D eigenvalue weighted by atomic mass is 79.9. The van der Waals surface area contributed by atoms with E-state index >= 15 is 0 Å². The molecule has 4 rings (SSSR count). The summed E-state index contributed by atoms with van der Waals surface area (Å²) in [6.45, 7) is 6.10. The summed E-state index contributed by atoms with van der Waals surface area (Å²) < 4.78 is 12.6. The number of nitrogens with zero attached hydrogens (tertiary/aromatic N) is 1. The third-order valence-corrected chi connectivity index (χ3v) is 6.95. The minimum Gasteiger partial charge on any atom is -0.490 e. The third-order valence-electron chi connectivity index (χ3n) is 5.89. The lowest BCUT2D eigenvalue weighted by atomic mass is 10.0. The number of amides is 4. The van der Waals surface area contributed by atoms with Gasteiger partial charge in [0, 0.05) is 10.0 Å². The van der Waals surface area contributed by atoms with E-state index in [9.17, 15) is 14.4 Å². The molecule has 1 heterocycles. The molecule has 0 atom stereocenters. The van der Waals surface area contributed by atoms with Crippen LogP contribution in [-0.2, 0) is 16.2 Å². The van der Waals surface area contributed by atoms with Gasteiger partial charge in [-0.25, -0.2) is 9.69 Å². The van der Waals surface area contributed by atoms with Crippen molar-refractivity contribution in [3.05, 3.63) is 91.9 Å². The molecule has 0 radical (unpaired) electrons. The lowest BCUT2D eigenvalue weighted by molar-refractivity contribution is -0.122. The minimum absolute atomic E-state index is 0.207. The number of ether oxygens (including phenoxy) is 2. The third kappa shape index (κ3) is 5.55. The molecule has 3 aromatic rings. The van der Waals surface area contributed by atoms with E-state index in [-0.39, 0.29) is 17.2 Å². The van der Waals surface area contributed by atoms with E-state index in [1.54, 1.807) is 24.3 Å². The summed E-state index contributed by atoms with van der Waals surface area (Å²) in [4.78, 5) is 39.6. The molecule has 3 aromatic carbocycles. The van der Waals surface area contributed by atoms with Crippen molar-refractivity contribution >= 4 is 57.1 Å². The summed E-state index contributed by atoms with van der Waals surface area (Å²) in [7, 11) is 0. The Morgan fingerprint density at radius 3 is 2.51 bits per heavy atom. The standard InChI is InChI=1S/C28H24BrClN2O5/c1-4-36-24-14-18(13-22(30)25(24)37-15-19-9-5-6-10-21(19)29)12-20-26(33)31-28(35)32(27(20)34)23-11-7-8-16(2)17(23)3/h5-14H,4,15H2,1-3H3,(H,31,33,35)/b20-12+. The maximum atomic E-state index is 13.4. The highest BCUT2D eigenvalue weighted by molar-refractivity contribution is 9.10. The van der Waals surface area contributed by atoms with Crippen LogP contribution in [0.5, 0.6) is 11.5 Å². The normalized spacial score (nSPS) is 14.7. The first kappa shape index (κ1) is 26.4. The maximum Gasteiger partial charge on any atom is 0.335 e. The minimum atomic E-state index is -0.801. The van der Waals surface area contributed by atoms with Crippen LogP contribution in [0.15, 0.2) is 64.6 Å². The molecule has 0 bridgehead atoms. The van der Waals surface area contributed by atoms with E-state index in [1.165, 1.54) is 6.08 Å². The number of imide groups is 2. The van der Waals surface area contributed by atoms with Crippen LogP contribution in [0.2, 0.25) is 5.02 Å². The molecule has 9 heteroatoms. The Hall–Kier alpha value is -3.62. The molecule has 0 spiro atoms. The number of benzene rings is 3. The number of carbonyl (C=O) groups is 3. The second-order valence-electron chi connectivity index (χ2n) is 8.32. The molecular formula is C28H24BrClN2O5. The molecular weight excluding hydrogens is 560 g/mol. The molecule has 0 aliphatic carbocycles. The molecule has 1 aliphatic rings. The molecule has 190 valence electrons. The molecule has 4 amide bonds. The molecule has 1 saturated heterocycles. The lowest BCUT2D eigenvalue weighted by Crippen LogP contribution is -2.54. The lowest BCUT2D eigenvalue weighted by Gasteiger charge is -2.28. The molecule has 0 unspecified atom stereocenters. The fourth-order valence-corrected chi connectivity index (χ4v) is 4.53. The summed E-state index contributed by atoms with van der Waals surface area (Å²) in [6.07, 6.45) is 1.38. The zero-order valence-electron chi connectivity index (χ0n) is 20.4. The Labute approximate surface area is 228 Å². The van der Waals surface area contributed by atoms with Crippen molar-refractivity contribution in [1.29, 1.82) is 0 Å². The highest BCUT2D eigenvalue weighted by Crippen LogP contribution is 2.38. The van der Waals surface area contributed by atoms with Crippen LogP contribution in [0.4, 0.5) is 10.5 Å². The van der Waals surface area contributed by atoms with E-state index < -0.39 is 17.8 Å².